The first-order chi connectivity index (χ1) is 12.1. The zero-order valence-electron chi connectivity index (χ0n) is 13.0. The van der Waals surface area contributed by atoms with E-state index in [1.54, 1.807) is 30.5 Å². The minimum atomic E-state index is -0.409. The van der Waals surface area contributed by atoms with Crippen molar-refractivity contribution in [3.8, 4) is 5.75 Å². The van der Waals surface area contributed by atoms with E-state index in [0.717, 1.165) is 4.47 Å². The smallest absolute Gasteiger partial charge is 0.278 e. The summed E-state index contributed by atoms with van der Waals surface area (Å²) < 4.78 is 11.5. The third kappa shape index (κ3) is 4.86. The van der Waals surface area contributed by atoms with Crippen LogP contribution in [0.1, 0.15) is 5.76 Å². The molecule has 1 aromatic carbocycles. The number of hydrogen-bond donors (Lipinski definition) is 1. The van der Waals surface area contributed by atoms with Crippen molar-refractivity contribution in [2.75, 3.05) is 12.4 Å². The molecule has 1 fully saturated rings. The van der Waals surface area contributed by atoms with Crippen LogP contribution in [-0.2, 0) is 16.1 Å². The lowest BCUT2D eigenvalue weighted by Gasteiger charge is -2.14. The van der Waals surface area contributed by atoms with E-state index >= 15 is 0 Å². The normalized spacial score (nSPS) is 15.6. The van der Waals surface area contributed by atoms with Gasteiger partial charge in [-0.15, -0.1) is 5.10 Å². The van der Waals surface area contributed by atoms with Crippen LogP contribution in [0.15, 0.2) is 56.7 Å². The monoisotopic (exact) mass is 423 g/mol. The predicted octanol–water partition coefficient (Wildman–Crippen LogP) is 2.58. The Morgan fingerprint density at radius 2 is 2.16 bits per heavy atom. The highest BCUT2D eigenvalue weighted by atomic mass is 79.9. The van der Waals surface area contributed by atoms with Crippen molar-refractivity contribution in [1.29, 1.82) is 0 Å². The number of carbonyl (C=O) groups excluding carboxylic acids is 2. The maximum atomic E-state index is 11.9. The zero-order chi connectivity index (χ0) is 17.6. The number of nitrogens with zero attached hydrogens (tertiary/aromatic N) is 2. The minimum Gasteiger partial charge on any atom is -0.484 e. The summed E-state index contributed by atoms with van der Waals surface area (Å²) in [6.07, 6.45) is 1.54. The number of thioether (sulfide) groups is 1. The highest BCUT2D eigenvalue weighted by Crippen LogP contribution is 2.21. The van der Waals surface area contributed by atoms with E-state index in [2.05, 4.69) is 26.5 Å². The van der Waals surface area contributed by atoms with Crippen LogP contribution < -0.4 is 10.2 Å². The summed E-state index contributed by atoms with van der Waals surface area (Å²) in [5.74, 6) is 1.02. The van der Waals surface area contributed by atoms with Crippen molar-refractivity contribution in [2.24, 2.45) is 5.10 Å². The topological polar surface area (TPSA) is 84.1 Å². The van der Waals surface area contributed by atoms with E-state index in [1.165, 1.54) is 16.7 Å². The van der Waals surface area contributed by atoms with Crippen LogP contribution >= 0.6 is 27.7 Å². The molecule has 25 heavy (non-hydrogen) atoms. The second-order valence-corrected chi connectivity index (χ2v) is 6.88. The fraction of sp³-hybridized carbons (Fsp3) is 0.188. The molecule has 0 spiro atoms. The van der Waals surface area contributed by atoms with Crippen LogP contribution in [0.25, 0.3) is 0 Å². The number of halogens is 1. The van der Waals surface area contributed by atoms with Gasteiger partial charge >= 0.3 is 0 Å². The first-order valence-electron chi connectivity index (χ1n) is 7.32. The van der Waals surface area contributed by atoms with Crippen molar-refractivity contribution in [3.63, 3.8) is 0 Å². The fourth-order valence-electron chi connectivity index (χ4n) is 2.02. The predicted molar refractivity (Wildman–Crippen MR) is 96.9 cm³/mol. The van der Waals surface area contributed by atoms with Gasteiger partial charge in [0.1, 0.15) is 11.5 Å². The molecule has 3 rings (SSSR count). The Hall–Kier alpha value is -2.26. The van der Waals surface area contributed by atoms with E-state index in [0.29, 0.717) is 16.7 Å². The van der Waals surface area contributed by atoms with Gasteiger partial charge in [0.2, 0.25) is 5.91 Å². The van der Waals surface area contributed by atoms with Crippen molar-refractivity contribution < 1.29 is 18.7 Å². The molecule has 7 nitrogen and oxygen atoms in total. The van der Waals surface area contributed by atoms with Crippen LogP contribution in [0.2, 0.25) is 0 Å². The average molecular weight is 424 g/mol. The Morgan fingerprint density at radius 3 is 2.88 bits per heavy atom. The van der Waals surface area contributed by atoms with Crippen LogP contribution in [-0.4, -0.2) is 34.2 Å². The lowest BCUT2D eigenvalue weighted by atomic mass is 10.3. The van der Waals surface area contributed by atoms with E-state index < -0.39 is 5.91 Å². The van der Waals surface area contributed by atoms with E-state index in [-0.39, 0.29) is 24.8 Å². The number of furan rings is 1. The largest absolute Gasteiger partial charge is 0.484 e. The van der Waals surface area contributed by atoms with Crippen LogP contribution in [0, 0.1) is 0 Å². The van der Waals surface area contributed by atoms with E-state index in [9.17, 15) is 9.59 Å². The summed E-state index contributed by atoms with van der Waals surface area (Å²) >= 11 is 4.59. The van der Waals surface area contributed by atoms with Gasteiger partial charge in [-0.1, -0.05) is 27.7 Å². The molecule has 9 heteroatoms. The molecule has 1 saturated heterocycles. The van der Waals surface area contributed by atoms with Gasteiger partial charge in [0.15, 0.2) is 11.8 Å². The second-order valence-electron chi connectivity index (χ2n) is 5.02. The molecule has 2 heterocycles. The molecule has 130 valence electrons. The summed E-state index contributed by atoms with van der Waals surface area (Å²) in [5, 5.41) is 4.45. The maximum Gasteiger partial charge on any atom is 0.278 e. The molecule has 1 aliphatic heterocycles. The van der Waals surface area contributed by atoms with Crippen molar-refractivity contribution in [1.82, 2.24) is 10.3 Å². The number of hydrogen-bond acceptors (Lipinski definition) is 6. The Bertz CT molecular complexity index is 777. The SMILES string of the molecule is O=C(COc1ccc(Br)cc1)N/N=C1\SCC(=O)N1Cc1ccco1. The summed E-state index contributed by atoms with van der Waals surface area (Å²) in [5.41, 5.74) is 2.41. The van der Waals surface area contributed by atoms with Gasteiger partial charge < -0.3 is 9.15 Å². The third-order valence-corrected chi connectivity index (χ3v) is 4.70. The van der Waals surface area contributed by atoms with Crippen LogP contribution in [0.3, 0.4) is 0 Å². The average Bonchev–Trinajstić information content (AvgIpc) is 3.24. The third-order valence-electron chi connectivity index (χ3n) is 3.21. The van der Waals surface area contributed by atoms with Crippen molar-refractivity contribution in [2.45, 2.75) is 6.54 Å². The number of amidine groups is 1. The van der Waals surface area contributed by atoms with Gasteiger partial charge in [0, 0.05) is 4.47 Å². The summed E-state index contributed by atoms with van der Waals surface area (Å²) in [6, 6.07) is 10.7. The molecule has 0 radical (unpaired) electrons. The lowest BCUT2D eigenvalue weighted by Crippen LogP contribution is -2.32. The lowest BCUT2D eigenvalue weighted by molar-refractivity contribution is -0.125. The Kier molecular flexibility index (Phi) is 5.77. The number of hydrazone groups is 1. The molecular formula is C16H14BrN3O4S. The second kappa shape index (κ2) is 8.21. The summed E-state index contributed by atoms with van der Waals surface area (Å²) in [6.45, 7) is 0.109. The standard InChI is InChI=1S/C16H14BrN3O4S/c17-11-3-5-12(6-4-11)24-9-14(21)18-19-16-20(15(22)10-25-16)8-13-2-1-7-23-13/h1-7H,8-10H2,(H,18,21)/b19-16-. The van der Waals surface area contributed by atoms with Gasteiger partial charge in [0.25, 0.3) is 5.91 Å². The first-order valence-corrected chi connectivity index (χ1v) is 9.10. The molecule has 1 aromatic heterocycles. The van der Waals surface area contributed by atoms with Crippen molar-refractivity contribution in [3.05, 3.63) is 52.9 Å². The molecule has 2 aromatic rings. The summed E-state index contributed by atoms with van der Waals surface area (Å²) in [4.78, 5) is 25.3. The maximum absolute atomic E-state index is 11.9. The highest BCUT2D eigenvalue weighted by molar-refractivity contribution is 9.10. The van der Waals surface area contributed by atoms with E-state index in [4.69, 9.17) is 9.15 Å². The van der Waals surface area contributed by atoms with Gasteiger partial charge in [-0.2, -0.15) is 0 Å². The zero-order valence-corrected chi connectivity index (χ0v) is 15.4. The fourth-order valence-corrected chi connectivity index (χ4v) is 3.12. The van der Waals surface area contributed by atoms with Gasteiger partial charge in [-0.3, -0.25) is 14.5 Å². The molecule has 0 saturated carbocycles. The van der Waals surface area contributed by atoms with Crippen molar-refractivity contribution >= 4 is 44.7 Å². The number of carbonyl (C=O) groups is 2. The molecule has 0 atom stereocenters. The van der Waals surface area contributed by atoms with E-state index in [1.807, 2.05) is 12.1 Å². The molecule has 0 bridgehead atoms. The van der Waals surface area contributed by atoms with Crippen LogP contribution in [0.4, 0.5) is 0 Å². The number of rotatable bonds is 6. The van der Waals surface area contributed by atoms with Gasteiger partial charge in [0.05, 0.1) is 18.6 Å². The number of amides is 2. The first kappa shape index (κ1) is 17.6. The van der Waals surface area contributed by atoms with Gasteiger partial charge in [-0.25, -0.2) is 5.43 Å². The van der Waals surface area contributed by atoms with Gasteiger partial charge in [-0.05, 0) is 36.4 Å². The molecule has 1 N–H and O–H groups in total. The highest BCUT2D eigenvalue weighted by Gasteiger charge is 2.29. The minimum absolute atomic E-state index is 0.0829. The Morgan fingerprint density at radius 1 is 1.36 bits per heavy atom. The Balaban J connectivity index is 1.53. The quantitative estimate of drug-likeness (QED) is 0.721. The number of ether oxygens (including phenoxy) is 1. The number of benzene rings is 1. The molecule has 2 amide bonds. The number of nitrogens with one attached hydrogen (secondary N) is 1. The molecule has 0 unspecified atom stereocenters. The molecule has 0 aliphatic carbocycles. The molecule has 1 aliphatic rings. The van der Waals surface area contributed by atoms with Crippen LogP contribution in [0.5, 0.6) is 5.75 Å². The molecular weight excluding hydrogens is 410 g/mol. The Labute approximate surface area is 156 Å². The summed E-state index contributed by atoms with van der Waals surface area (Å²) in [7, 11) is 0.